The van der Waals surface area contributed by atoms with E-state index in [1.165, 1.54) is 0 Å². The summed E-state index contributed by atoms with van der Waals surface area (Å²) in [7, 11) is 0.773. The van der Waals surface area contributed by atoms with Crippen LogP contribution in [0.2, 0.25) is 0 Å². The fourth-order valence-electron chi connectivity index (χ4n) is 2.68. The molecule has 0 spiro atoms. The molecule has 1 aromatic carbocycles. The van der Waals surface area contributed by atoms with E-state index < -0.39 is 10.8 Å². The van der Waals surface area contributed by atoms with E-state index in [2.05, 4.69) is 15.4 Å². The van der Waals surface area contributed by atoms with Crippen molar-refractivity contribution in [2.45, 2.75) is 18.7 Å². The SMILES string of the molecule is Cc1cc(C(=O)Nc2ccc([S@](C)=O)cc2)c2c(C)nn(C)c2n1. The van der Waals surface area contributed by atoms with Gasteiger partial charge in [-0.25, -0.2) is 4.98 Å². The Labute approximate surface area is 142 Å². The second-order valence-corrected chi connectivity index (χ2v) is 7.03. The molecule has 0 bridgehead atoms. The largest absolute Gasteiger partial charge is 0.322 e. The molecule has 0 radical (unpaired) electrons. The number of hydrogen-bond acceptors (Lipinski definition) is 4. The van der Waals surface area contributed by atoms with Crippen molar-refractivity contribution in [3.8, 4) is 0 Å². The highest BCUT2D eigenvalue weighted by molar-refractivity contribution is 7.84. The predicted octanol–water partition coefficient (Wildman–Crippen LogP) is 2.57. The van der Waals surface area contributed by atoms with Crippen LogP contribution in [0.3, 0.4) is 0 Å². The summed E-state index contributed by atoms with van der Waals surface area (Å²) in [4.78, 5) is 17.9. The first-order valence-electron chi connectivity index (χ1n) is 7.42. The molecule has 0 aliphatic rings. The van der Waals surface area contributed by atoms with Gasteiger partial charge in [0.2, 0.25) is 0 Å². The highest BCUT2D eigenvalue weighted by atomic mass is 32.2. The smallest absolute Gasteiger partial charge is 0.256 e. The Morgan fingerprint density at radius 2 is 1.88 bits per heavy atom. The molecule has 3 aromatic rings. The number of pyridine rings is 1. The summed E-state index contributed by atoms with van der Waals surface area (Å²) in [5, 5.41) is 7.99. The number of nitrogens with one attached hydrogen (secondary N) is 1. The summed E-state index contributed by atoms with van der Waals surface area (Å²) in [5.74, 6) is -0.216. The van der Waals surface area contributed by atoms with Crippen LogP contribution in [-0.4, -0.2) is 31.1 Å². The van der Waals surface area contributed by atoms with Crippen molar-refractivity contribution in [3.63, 3.8) is 0 Å². The van der Waals surface area contributed by atoms with Crippen LogP contribution in [0.1, 0.15) is 21.7 Å². The highest BCUT2D eigenvalue weighted by Crippen LogP contribution is 2.23. The molecule has 1 N–H and O–H groups in total. The molecule has 0 saturated carbocycles. The van der Waals surface area contributed by atoms with Gasteiger partial charge in [0.05, 0.1) is 16.6 Å². The van der Waals surface area contributed by atoms with Crippen LogP contribution < -0.4 is 5.32 Å². The maximum absolute atomic E-state index is 12.7. The molecule has 0 aliphatic heterocycles. The van der Waals surface area contributed by atoms with Crippen molar-refractivity contribution in [2.24, 2.45) is 7.05 Å². The van der Waals surface area contributed by atoms with Crippen molar-refractivity contribution < 1.29 is 9.00 Å². The Morgan fingerprint density at radius 1 is 1.21 bits per heavy atom. The van der Waals surface area contributed by atoms with Crippen LogP contribution >= 0.6 is 0 Å². The van der Waals surface area contributed by atoms with Gasteiger partial charge >= 0.3 is 0 Å². The Balaban J connectivity index is 1.98. The zero-order valence-electron chi connectivity index (χ0n) is 14.0. The third-order valence-electron chi connectivity index (χ3n) is 3.79. The van der Waals surface area contributed by atoms with Crippen molar-refractivity contribution in [2.75, 3.05) is 11.6 Å². The van der Waals surface area contributed by atoms with Crippen molar-refractivity contribution >= 4 is 33.4 Å². The molecule has 3 rings (SSSR count). The van der Waals surface area contributed by atoms with Gasteiger partial charge in [-0.1, -0.05) is 0 Å². The van der Waals surface area contributed by atoms with Crippen molar-refractivity contribution in [1.82, 2.24) is 14.8 Å². The van der Waals surface area contributed by atoms with E-state index in [-0.39, 0.29) is 5.91 Å². The quantitative estimate of drug-likeness (QED) is 0.794. The maximum Gasteiger partial charge on any atom is 0.256 e. The first-order chi connectivity index (χ1) is 11.4. The average molecular weight is 342 g/mol. The lowest BCUT2D eigenvalue weighted by Crippen LogP contribution is -2.13. The lowest BCUT2D eigenvalue weighted by atomic mass is 10.1. The summed E-state index contributed by atoms with van der Waals surface area (Å²) in [6.45, 7) is 3.71. The number of nitrogens with zero attached hydrogens (tertiary/aromatic N) is 3. The van der Waals surface area contributed by atoms with Crippen molar-refractivity contribution in [3.05, 3.63) is 47.3 Å². The van der Waals surface area contributed by atoms with Gasteiger partial charge in [0, 0.05) is 40.4 Å². The van der Waals surface area contributed by atoms with E-state index in [4.69, 9.17) is 0 Å². The number of aryl methyl sites for hydroxylation is 3. The van der Waals surface area contributed by atoms with Gasteiger partial charge in [-0.05, 0) is 44.2 Å². The summed E-state index contributed by atoms with van der Waals surface area (Å²) in [6.07, 6.45) is 1.62. The van der Waals surface area contributed by atoms with E-state index in [1.807, 2.05) is 20.9 Å². The lowest BCUT2D eigenvalue weighted by Gasteiger charge is -2.08. The monoisotopic (exact) mass is 342 g/mol. The normalized spacial score (nSPS) is 12.3. The number of carbonyl (C=O) groups excluding carboxylic acids is 1. The molecule has 124 valence electrons. The zero-order valence-corrected chi connectivity index (χ0v) is 14.8. The Morgan fingerprint density at radius 3 is 2.50 bits per heavy atom. The zero-order chi connectivity index (χ0) is 17.4. The minimum atomic E-state index is -1.04. The molecule has 0 saturated heterocycles. The molecule has 2 aromatic heterocycles. The summed E-state index contributed by atoms with van der Waals surface area (Å²) in [5.41, 5.74) is 3.41. The Hall–Kier alpha value is -2.54. The minimum absolute atomic E-state index is 0.216. The first-order valence-corrected chi connectivity index (χ1v) is 8.98. The minimum Gasteiger partial charge on any atom is -0.322 e. The molecule has 0 unspecified atom stereocenters. The van der Waals surface area contributed by atoms with E-state index in [9.17, 15) is 9.00 Å². The second-order valence-electron chi connectivity index (χ2n) is 5.65. The molecular formula is C17H18N4O2S. The van der Waals surface area contributed by atoms with Crippen LogP contribution in [0.4, 0.5) is 5.69 Å². The third-order valence-corrected chi connectivity index (χ3v) is 4.72. The van der Waals surface area contributed by atoms with Crippen LogP contribution in [0.5, 0.6) is 0 Å². The topological polar surface area (TPSA) is 76.9 Å². The molecule has 1 amide bonds. The van der Waals surface area contributed by atoms with Crippen LogP contribution in [0.25, 0.3) is 11.0 Å². The molecule has 7 heteroatoms. The number of rotatable bonds is 3. The fraction of sp³-hybridized carbons (Fsp3) is 0.235. The number of hydrogen-bond donors (Lipinski definition) is 1. The summed E-state index contributed by atoms with van der Waals surface area (Å²) < 4.78 is 13.1. The van der Waals surface area contributed by atoms with E-state index >= 15 is 0 Å². The molecule has 6 nitrogen and oxygen atoms in total. The molecule has 24 heavy (non-hydrogen) atoms. The number of amides is 1. The van der Waals surface area contributed by atoms with Crippen LogP contribution in [0.15, 0.2) is 35.2 Å². The number of benzene rings is 1. The van der Waals surface area contributed by atoms with E-state index in [0.29, 0.717) is 16.9 Å². The maximum atomic E-state index is 12.7. The lowest BCUT2D eigenvalue weighted by molar-refractivity contribution is 0.102. The third kappa shape index (κ3) is 2.94. The summed E-state index contributed by atoms with van der Waals surface area (Å²) in [6, 6.07) is 8.75. The van der Waals surface area contributed by atoms with Crippen molar-refractivity contribution in [1.29, 1.82) is 0 Å². The number of carbonyl (C=O) groups is 1. The number of fused-ring (bicyclic) bond motifs is 1. The predicted molar refractivity (Wildman–Crippen MR) is 94.7 cm³/mol. The van der Waals surface area contributed by atoms with Crippen LogP contribution in [0, 0.1) is 13.8 Å². The van der Waals surface area contributed by atoms with Gasteiger partial charge in [0.15, 0.2) is 5.65 Å². The van der Waals surface area contributed by atoms with Gasteiger partial charge in [-0.15, -0.1) is 0 Å². The summed E-state index contributed by atoms with van der Waals surface area (Å²) >= 11 is 0. The number of aromatic nitrogens is 3. The Kier molecular flexibility index (Phi) is 4.19. The van der Waals surface area contributed by atoms with Gasteiger partial charge in [0.1, 0.15) is 0 Å². The number of anilines is 1. The van der Waals surface area contributed by atoms with Gasteiger partial charge in [-0.2, -0.15) is 5.10 Å². The molecule has 0 aliphatic carbocycles. The van der Waals surface area contributed by atoms with Gasteiger partial charge in [0.25, 0.3) is 5.91 Å². The van der Waals surface area contributed by atoms with E-state index in [1.54, 1.807) is 41.3 Å². The molecule has 0 fully saturated rings. The van der Waals surface area contributed by atoms with E-state index in [0.717, 1.165) is 21.7 Å². The molecule has 1 atom stereocenters. The standard InChI is InChI=1S/C17H18N4O2S/c1-10-9-14(15-11(2)20-21(3)16(15)18-10)17(22)19-12-5-7-13(8-6-12)24(4)23/h5-9H,1-4H3,(H,19,22)/t24-/m0/s1. The molecular weight excluding hydrogens is 324 g/mol. The highest BCUT2D eigenvalue weighted by Gasteiger charge is 2.17. The van der Waals surface area contributed by atoms with Crippen LogP contribution in [-0.2, 0) is 17.8 Å². The second kappa shape index (κ2) is 6.16. The molecule has 2 heterocycles. The average Bonchev–Trinajstić information content (AvgIpc) is 2.81. The van der Waals surface area contributed by atoms with Gasteiger partial charge < -0.3 is 5.32 Å². The Bertz CT molecular complexity index is 961. The first kappa shape index (κ1) is 16.3. The fourth-order valence-corrected chi connectivity index (χ4v) is 3.20. The van der Waals surface area contributed by atoms with Gasteiger partial charge in [-0.3, -0.25) is 13.7 Å².